The molecular formula is C18H20Cl2N2O. The van der Waals surface area contributed by atoms with Gasteiger partial charge in [0.2, 0.25) is 0 Å². The maximum absolute atomic E-state index is 6.26. The van der Waals surface area contributed by atoms with Gasteiger partial charge in [-0.2, -0.15) is 0 Å². The zero-order valence-corrected chi connectivity index (χ0v) is 14.6. The maximum Gasteiger partial charge on any atom is 0.123 e. The average Bonchev–Trinajstić information content (AvgIpc) is 2.60. The molecule has 3 rings (SSSR count). The summed E-state index contributed by atoms with van der Waals surface area (Å²) in [6.45, 7) is 3.91. The van der Waals surface area contributed by atoms with Crippen LogP contribution in [0.2, 0.25) is 10.0 Å². The Balaban J connectivity index is 2.07. The number of methoxy groups -OCH3 is 1. The standard InChI is InChI=1S/C18H20Cl2N2O/c1-23-17-5-3-2-4-14(17)18(22-10-8-21-9-11-22)13-6-7-15(19)16(20)12-13/h2-7,12,18,21H,8-11H2,1H3. The van der Waals surface area contributed by atoms with Gasteiger partial charge in [0.05, 0.1) is 23.2 Å². The molecule has 0 spiro atoms. The van der Waals surface area contributed by atoms with Crippen molar-refractivity contribution in [2.45, 2.75) is 6.04 Å². The number of para-hydroxylation sites is 1. The predicted molar refractivity (Wildman–Crippen MR) is 95.7 cm³/mol. The Morgan fingerprint density at radius 1 is 1.04 bits per heavy atom. The van der Waals surface area contributed by atoms with Gasteiger partial charge < -0.3 is 10.1 Å². The predicted octanol–water partition coefficient (Wildman–Crippen LogP) is 4.00. The Kier molecular flexibility index (Phi) is 5.44. The molecule has 3 nitrogen and oxygen atoms in total. The van der Waals surface area contributed by atoms with Gasteiger partial charge in [-0.05, 0) is 23.8 Å². The lowest BCUT2D eigenvalue weighted by atomic mass is 9.95. The van der Waals surface area contributed by atoms with Crippen LogP contribution in [0.25, 0.3) is 0 Å². The molecule has 23 heavy (non-hydrogen) atoms. The normalized spacial score (nSPS) is 17.0. The Hall–Kier alpha value is -1.26. The van der Waals surface area contributed by atoms with Gasteiger partial charge in [-0.25, -0.2) is 0 Å². The summed E-state index contributed by atoms with van der Waals surface area (Å²) in [6, 6.07) is 14.1. The van der Waals surface area contributed by atoms with Crippen molar-refractivity contribution in [2.75, 3.05) is 33.3 Å². The van der Waals surface area contributed by atoms with Crippen molar-refractivity contribution in [3.05, 3.63) is 63.6 Å². The van der Waals surface area contributed by atoms with Gasteiger partial charge >= 0.3 is 0 Å². The third-order valence-electron chi connectivity index (χ3n) is 4.21. The molecule has 1 aliphatic heterocycles. The van der Waals surface area contributed by atoms with Crippen LogP contribution in [0.3, 0.4) is 0 Å². The molecule has 122 valence electrons. The Morgan fingerprint density at radius 3 is 2.48 bits per heavy atom. The van der Waals surface area contributed by atoms with Crippen LogP contribution in [0.15, 0.2) is 42.5 Å². The Morgan fingerprint density at radius 2 is 1.78 bits per heavy atom. The van der Waals surface area contributed by atoms with Gasteiger partial charge in [-0.3, -0.25) is 4.90 Å². The zero-order chi connectivity index (χ0) is 16.2. The van der Waals surface area contributed by atoms with Gasteiger partial charge in [-0.1, -0.05) is 47.5 Å². The molecule has 1 saturated heterocycles. The van der Waals surface area contributed by atoms with Crippen LogP contribution < -0.4 is 10.1 Å². The van der Waals surface area contributed by atoms with Crippen molar-refractivity contribution in [3.63, 3.8) is 0 Å². The smallest absolute Gasteiger partial charge is 0.123 e. The fourth-order valence-corrected chi connectivity index (χ4v) is 3.41. The van der Waals surface area contributed by atoms with Crippen LogP contribution in [-0.2, 0) is 0 Å². The molecule has 0 aliphatic carbocycles. The number of rotatable bonds is 4. The van der Waals surface area contributed by atoms with E-state index in [0.717, 1.165) is 43.1 Å². The van der Waals surface area contributed by atoms with Gasteiger partial charge in [0.1, 0.15) is 5.75 Å². The summed E-state index contributed by atoms with van der Waals surface area (Å²) in [6.07, 6.45) is 0. The summed E-state index contributed by atoms with van der Waals surface area (Å²) >= 11 is 12.4. The minimum absolute atomic E-state index is 0.100. The monoisotopic (exact) mass is 350 g/mol. The fourth-order valence-electron chi connectivity index (χ4n) is 3.10. The van der Waals surface area contributed by atoms with E-state index in [-0.39, 0.29) is 6.04 Å². The number of nitrogens with zero attached hydrogens (tertiary/aromatic N) is 1. The van der Waals surface area contributed by atoms with Crippen molar-refractivity contribution in [2.24, 2.45) is 0 Å². The first-order chi connectivity index (χ1) is 11.2. The molecule has 0 aromatic heterocycles. The van der Waals surface area contributed by atoms with Gasteiger partial charge in [0.25, 0.3) is 0 Å². The van der Waals surface area contributed by atoms with Crippen LogP contribution in [0.1, 0.15) is 17.2 Å². The number of piperazine rings is 1. The van der Waals surface area contributed by atoms with E-state index in [2.05, 4.69) is 16.3 Å². The molecule has 0 radical (unpaired) electrons. The lowest BCUT2D eigenvalue weighted by Gasteiger charge is -2.36. The average molecular weight is 351 g/mol. The van der Waals surface area contributed by atoms with E-state index >= 15 is 0 Å². The minimum Gasteiger partial charge on any atom is -0.496 e. The highest BCUT2D eigenvalue weighted by atomic mass is 35.5. The molecule has 5 heteroatoms. The number of hydrogen-bond acceptors (Lipinski definition) is 3. The second kappa shape index (κ2) is 7.54. The highest BCUT2D eigenvalue weighted by Gasteiger charge is 2.26. The van der Waals surface area contributed by atoms with E-state index in [9.17, 15) is 0 Å². The Labute approximate surface area is 147 Å². The fraction of sp³-hybridized carbons (Fsp3) is 0.333. The SMILES string of the molecule is COc1ccccc1C(c1ccc(Cl)c(Cl)c1)N1CCNCC1. The summed E-state index contributed by atoms with van der Waals surface area (Å²) < 4.78 is 5.59. The van der Waals surface area contributed by atoms with Crippen LogP contribution >= 0.6 is 23.2 Å². The van der Waals surface area contributed by atoms with E-state index in [1.54, 1.807) is 7.11 Å². The molecular weight excluding hydrogens is 331 g/mol. The highest BCUT2D eigenvalue weighted by molar-refractivity contribution is 6.42. The van der Waals surface area contributed by atoms with Crippen LogP contribution in [0, 0.1) is 0 Å². The molecule has 1 atom stereocenters. The molecule has 1 unspecified atom stereocenters. The van der Waals surface area contributed by atoms with Crippen LogP contribution in [0.4, 0.5) is 0 Å². The molecule has 0 saturated carbocycles. The third kappa shape index (κ3) is 3.64. The van der Waals surface area contributed by atoms with Crippen LogP contribution in [0.5, 0.6) is 5.75 Å². The van der Waals surface area contributed by atoms with Gasteiger partial charge in [-0.15, -0.1) is 0 Å². The molecule has 0 bridgehead atoms. The topological polar surface area (TPSA) is 24.5 Å². The number of benzene rings is 2. The van der Waals surface area contributed by atoms with E-state index < -0.39 is 0 Å². The van der Waals surface area contributed by atoms with Gasteiger partial charge in [0, 0.05) is 31.7 Å². The number of hydrogen-bond donors (Lipinski definition) is 1. The first-order valence-electron chi connectivity index (χ1n) is 7.73. The lowest BCUT2D eigenvalue weighted by molar-refractivity contribution is 0.195. The first-order valence-corrected chi connectivity index (χ1v) is 8.49. The summed E-state index contributed by atoms with van der Waals surface area (Å²) in [4.78, 5) is 2.45. The molecule has 1 aliphatic rings. The van der Waals surface area contributed by atoms with Crippen molar-refractivity contribution >= 4 is 23.2 Å². The summed E-state index contributed by atoms with van der Waals surface area (Å²) in [5.41, 5.74) is 2.28. The minimum atomic E-state index is 0.100. The number of ether oxygens (including phenoxy) is 1. The molecule has 1 N–H and O–H groups in total. The second-order valence-electron chi connectivity index (χ2n) is 5.60. The van der Waals surface area contributed by atoms with Crippen molar-refractivity contribution in [3.8, 4) is 5.75 Å². The van der Waals surface area contributed by atoms with Crippen molar-refractivity contribution in [1.82, 2.24) is 10.2 Å². The number of nitrogens with one attached hydrogen (secondary N) is 1. The van der Waals surface area contributed by atoms with Gasteiger partial charge in [0.15, 0.2) is 0 Å². The lowest BCUT2D eigenvalue weighted by Crippen LogP contribution is -2.45. The maximum atomic E-state index is 6.26. The van der Waals surface area contributed by atoms with E-state index in [1.807, 2.05) is 36.4 Å². The van der Waals surface area contributed by atoms with E-state index in [0.29, 0.717) is 10.0 Å². The molecule has 1 fully saturated rings. The molecule has 2 aromatic carbocycles. The molecule has 2 aromatic rings. The molecule has 1 heterocycles. The molecule has 0 amide bonds. The summed E-state index contributed by atoms with van der Waals surface area (Å²) in [5.74, 6) is 0.891. The second-order valence-corrected chi connectivity index (χ2v) is 6.42. The number of halogens is 2. The van der Waals surface area contributed by atoms with Crippen LogP contribution in [-0.4, -0.2) is 38.2 Å². The summed E-state index contributed by atoms with van der Waals surface area (Å²) in [7, 11) is 1.71. The Bertz CT molecular complexity index is 672. The summed E-state index contributed by atoms with van der Waals surface area (Å²) in [5, 5.41) is 4.56. The third-order valence-corrected chi connectivity index (χ3v) is 4.95. The quantitative estimate of drug-likeness (QED) is 0.901. The van der Waals surface area contributed by atoms with E-state index in [1.165, 1.54) is 0 Å². The highest BCUT2D eigenvalue weighted by Crippen LogP contribution is 2.37. The zero-order valence-electron chi connectivity index (χ0n) is 13.1. The first kappa shape index (κ1) is 16.6. The van der Waals surface area contributed by atoms with Crippen molar-refractivity contribution in [1.29, 1.82) is 0 Å². The largest absolute Gasteiger partial charge is 0.496 e. The van der Waals surface area contributed by atoms with Crippen molar-refractivity contribution < 1.29 is 4.74 Å². The van der Waals surface area contributed by atoms with E-state index in [4.69, 9.17) is 27.9 Å².